The molecule has 0 fully saturated rings. The van der Waals surface area contributed by atoms with E-state index in [1.807, 2.05) is 0 Å². The lowest BCUT2D eigenvalue weighted by atomic mass is 9.96. The molecule has 3 nitrogen and oxygen atoms in total. The van der Waals surface area contributed by atoms with Gasteiger partial charge in [-0.15, -0.1) is 12.6 Å². The van der Waals surface area contributed by atoms with E-state index in [0.717, 1.165) is 0 Å². The second-order valence-corrected chi connectivity index (χ2v) is 2.20. The van der Waals surface area contributed by atoms with Crippen LogP contribution in [0.2, 0.25) is 0 Å². The Bertz CT molecular complexity index is 201. The molecule has 1 aliphatic heterocycles. The summed E-state index contributed by atoms with van der Waals surface area (Å²) in [5.74, 6) is -0.745. The first-order valence-corrected chi connectivity index (χ1v) is 2.83. The summed E-state index contributed by atoms with van der Waals surface area (Å²) in [7, 11) is 1.56. The van der Waals surface area contributed by atoms with Crippen molar-refractivity contribution in [2.24, 2.45) is 0 Å². The van der Waals surface area contributed by atoms with Gasteiger partial charge in [-0.3, -0.25) is 14.9 Å². The molecule has 0 aromatic heterocycles. The quantitative estimate of drug-likeness (QED) is 0.243. The minimum Gasteiger partial charge on any atom is -0.289 e. The highest BCUT2D eigenvalue weighted by molar-refractivity contribution is 7.85. The Morgan fingerprint density at radius 2 is 1.89 bits per heavy atom. The number of hydrogen-bond acceptors (Lipinski definition) is 3. The monoisotopic (exact) mass is 141 g/mol. The Morgan fingerprint density at radius 1 is 1.33 bits per heavy atom. The molecule has 5 heteroatoms. The molecule has 9 heavy (non-hydrogen) atoms. The standard InChI is InChI=1S/C4H4BNO2S/c5-1-2(9)4(8)6-3(1)7/h5H2,(H2,6,7,8,9). The maximum Gasteiger partial charge on any atom is 0.263 e. The zero-order valence-electron chi connectivity index (χ0n) is 4.76. The van der Waals surface area contributed by atoms with Gasteiger partial charge >= 0.3 is 0 Å². The SMILES string of the molecule is BC1=C(S)C(=O)NC1=O. The van der Waals surface area contributed by atoms with Crippen molar-refractivity contribution in [1.82, 2.24) is 5.32 Å². The van der Waals surface area contributed by atoms with Gasteiger partial charge in [0.1, 0.15) is 7.85 Å². The third kappa shape index (κ3) is 0.874. The van der Waals surface area contributed by atoms with Crippen LogP contribution < -0.4 is 5.32 Å². The van der Waals surface area contributed by atoms with Crippen molar-refractivity contribution in [3.05, 3.63) is 10.4 Å². The van der Waals surface area contributed by atoms with E-state index < -0.39 is 5.91 Å². The number of imide groups is 1. The minimum atomic E-state index is -0.402. The number of nitrogens with one attached hydrogen (secondary N) is 1. The van der Waals surface area contributed by atoms with Crippen molar-refractivity contribution in [2.45, 2.75) is 0 Å². The van der Waals surface area contributed by atoms with Gasteiger partial charge < -0.3 is 0 Å². The van der Waals surface area contributed by atoms with Crippen molar-refractivity contribution < 1.29 is 9.59 Å². The van der Waals surface area contributed by atoms with Gasteiger partial charge in [0.2, 0.25) is 5.91 Å². The minimum absolute atomic E-state index is 0.222. The van der Waals surface area contributed by atoms with E-state index in [1.165, 1.54) is 0 Å². The molecular formula is C4H4BNO2S. The van der Waals surface area contributed by atoms with Gasteiger partial charge in [0.15, 0.2) is 0 Å². The average molecular weight is 141 g/mol. The van der Waals surface area contributed by atoms with Crippen molar-refractivity contribution in [1.29, 1.82) is 0 Å². The van der Waals surface area contributed by atoms with Crippen LogP contribution in [-0.2, 0) is 9.59 Å². The largest absolute Gasteiger partial charge is 0.289 e. The highest BCUT2D eigenvalue weighted by Crippen LogP contribution is 2.11. The molecule has 0 aromatic carbocycles. The fourth-order valence-corrected chi connectivity index (χ4v) is 0.691. The molecule has 0 atom stereocenters. The molecule has 1 N–H and O–H groups in total. The molecule has 2 amide bonds. The summed E-state index contributed by atoms with van der Waals surface area (Å²) in [5.41, 5.74) is 0.392. The molecule has 0 radical (unpaired) electrons. The molecule has 0 aliphatic carbocycles. The zero-order chi connectivity index (χ0) is 7.02. The summed E-state index contributed by atoms with van der Waals surface area (Å²) in [6.07, 6.45) is 0. The third-order valence-electron chi connectivity index (χ3n) is 1.14. The lowest BCUT2D eigenvalue weighted by Gasteiger charge is -1.84. The summed E-state index contributed by atoms with van der Waals surface area (Å²) in [4.78, 5) is 21.3. The second kappa shape index (κ2) is 1.91. The smallest absolute Gasteiger partial charge is 0.263 e. The van der Waals surface area contributed by atoms with Crippen LogP contribution in [0.3, 0.4) is 0 Å². The van der Waals surface area contributed by atoms with Crippen LogP contribution in [0.5, 0.6) is 0 Å². The molecule has 1 heterocycles. The van der Waals surface area contributed by atoms with E-state index in [1.54, 1.807) is 7.85 Å². The Hall–Kier alpha value is -0.705. The maximum absolute atomic E-state index is 10.6. The van der Waals surface area contributed by atoms with E-state index in [4.69, 9.17) is 0 Å². The molecule has 0 bridgehead atoms. The summed E-state index contributed by atoms with van der Waals surface area (Å²) >= 11 is 3.79. The first-order chi connectivity index (χ1) is 4.13. The molecular weight excluding hydrogens is 137 g/mol. The normalized spacial score (nSPS) is 18.8. The molecule has 0 unspecified atom stereocenters. The highest BCUT2D eigenvalue weighted by Gasteiger charge is 2.23. The number of rotatable bonds is 0. The van der Waals surface area contributed by atoms with Crippen LogP contribution in [-0.4, -0.2) is 19.7 Å². The third-order valence-corrected chi connectivity index (χ3v) is 1.68. The van der Waals surface area contributed by atoms with Crippen molar-refractivity contribution in [3.8, 4) is 0 Å². The molecule has 1 rings (SSSR count). The summed E-state index contributed by atoms with van der Waals surface area (Å²) < 4.78 is 0. The number of thiol groups is 1. The van der Waals surface area contributed by atoms with Gasteiger partial charge in [0.25, 0.3) is 5.91 Å². The van der Waals surface area contributed by atoms with Crippen LogP contribution in [0.25, 0.3) is 0 Å². The highest BCUT2D eigenvalue weighted by atomic mass is 32.1. The summed E-state index contributed by atoms with van der Waals surface area (Å²) in [6.45, 7) is 0. The van der Waals surface area contributed by atoms with Crippen LogP contribution in [0.15, 0.2) is 10.4 Å². The molecule has 0 spiro atoms. The number of carbonyl (C=O) groups is 2. The summed E-state index contributed by atoms with van der Waals surface area (Å²) in [6, 6.07) is 0. The fraction of sp³-hybridized carbons (Fsp3) is 0. The Labute approximate surface area is 58.3 Å². The van der Waals surface area contributed by atoms with Crippen LogP contribution in [0.4, 0.5) is 0 Å². The average Bonchev–Trinajstić information content (AvgIpc) is 1.98. The lowest BCUT2D eigenvalue weighted by molar-refractivity contribution is -0.123. The molecule has 0 saturated heterocycles. The molecule has 46 valence electrons. The van der Waals surface area contributed by atoms with E-state index in [9.17, 15) is 9.59 Å². The Kier molecular flexibility index (Phi) is 1.36. The predicted octanol–water partition coefficient (Wildman–Crippen LogP) is -1.58. The van der Waals surface area contributed by atoms with Crippen molar-refractivity contribution in [3.63, 3.8) is 0 Å². The van der Waals surface area contributed by atoms with E-state index in [2.05, 4.69) is 17.9 Å². The van der Waals surface area contributed by atoms with Crippen LogP contribution >= 0.6 is 12.6 Å². The van der Waals surface area contributed by atoms with Gasteiger partial charge in [-0.05, 0) is 5.47 Å². The van der Waals surface area contributed by atoms with E-state index in [-0.39, 0.29) is 10.8 Å². The van der Waals surface area contributed by atoms with Crippen LogP contribution in [0.1, 0.15) is 0 Å². The van der Waals surface area contributed by atoms with Gasteiger partial charge in [-0.25, -0.2) is 0 Å². The summed E-state index contributed by atoms with van der Waals surface area (Å²) in [5, 5.41) is 2.09. The zero-order valence-corrected chi connectivity index (χ0v) is 5.66. The predicted molar refractivity (Wildman–Crippen MR) is 37.7 cm³/mol. The van der Waals surface area contributed by atoms with Crippen LogP contribution in [0, 0.1) is 0 Å². The number of carbonyl (C=O) groups excluding carboxylic acids is 2. The second-order valence-electron chi connectivity index (χ2n) is 1.76. The van der Waals surface area contributed by atoms with Crippen molar-refractivity contribution >= 4 is 32.3 Å². The lowest BCUT2D eigenvalue weighted by Crippen LogP contribution is -2.22. The molecule has 0 saturated carbocycles. The van der Waals surface area contributed by atoms with Gasteiger partial charge in [0, 0.05) is 0 Å². The molecule has 1 aliphatic rings. The Morgan fingerprint density at radius 3 is 2.00 bits per heavy atom. The van der Waals surface area contributed by atoms with Crippen molar-refractivity contribution in [2.75, 3.05) is 0 Å². The Balaban J connectivity index is 3.06. The topological polar surface area (TPSA) is 46.2 Å². The number of hydrogen-bond donors (Lipinski definition) is 2. The molecule has 0 aromatic rings. The fourth-order valence-electron chi connectivity index (χ4n) is 0.534. The van der Waals surface area contributed by atoms with E-state index >= 15 is 0 Å². The van der Waals surface area contributed by atoms with E-state index in [0.29, 0.717) is 5.47 Å². The maximum atomic E-state index is 10.6. The van der Waals surface area contributed by atoms with Gasteiger partial charge in [-0.1, -0.05) is 0 Å². The first kappa shape index (κ1) is 6.42. The van der Waals surface area contributed by atoms with Gasteiger partial charge in [0.05, 0.1) is 4.91 Å². The van der Waals surface area contributed by atoms with Gasteiger partial charge in [-0.2, -0.15) is 0 Å². The first-order valence-electron chi connectivity index (χ1n) is 2.38. The number of amides is 2.